The van der Waals surface area contributed by atoms with E-state index in [2.05, 4.69) is 76.2 Å². The number of benzene rings is 4. The number of hydrogen-bond acceptors (Lipinski definition) is 4. The number of nitrogens with zero attached hydrogens (tertiary/aromatic N) is 2. The summed E-state index contributed by atoms with van der Waals surface area (Å²) in [5, 5.41) is 0. The number of aliphatic imine (C=N–C) groups is 2. The van der Waals surface area contributed by atoms with E-state index >= 15 is 0 Å². The molecule has 2 atom stereocenters. The van der Waals surface area contributed by atoms with Gasteiger partial charge in [-0.2, -0.15) is 0 Å². The van der Waals surface area contributed by atoms with Gasteiger partial charge in [0, 0.05) is 0 Å². The van der Waals surface area contributed by atoms with Crippen LogP contribution in [0.25, 0.3) is 0 Å². The smallest absolute Gasteiger partial charge is 0.184 e. The van der Waals surface area contributed by atoms with Crippen molar-refractivity contribution < 1.29 is 9.47 Å². The van der Waals surface area contributed by atoms with Crippen molar-refractivity contribution >= 4 is 22.8 Å². The van der Waals surface area contributed by atoms with E-state index in [4.69, 9.17) is 19.5 Å². The van der Waals surface area contributed by atoms with Crippen molar-refractivity contribution in [1.29, 1.82) is 0 Å². The molecule has 178 valence electrons. The van der Waals surface area contributed by atoms with E-state index in [0.29, 0.717) is 0 Å². The monoisotopic (exact) mass is 472 g/mol. The summed E-state index contributed by atoms with van der Waals surface area (Å²) >= 11 is 0. The van der Waals surface area contributed by atoms with Crippen LogP contribution in [0.1, 0.15) is 33.4 Å². The molecule has 2 unspecified atom stereocenters. The van der Waals surface area contributed by atoms with Gasteiger partial charge in [0.25, 0.3) is 0 Å². The van der Waals surface area contributed by atoms with Gasteiger partial charge in [-0.25, -0.2) is 9.98 Å². The quantitative estimate of drug-likeness (QED) is 0.312. The maximum Gasteiger partial charge on any atom is 0.184 e. The van der Waals surface area contributed by atoms with Gasteiger partial charge in [0.2, 0.25) is 0 Å². The predicted molar refractivity (Wildman–Crippen MR) is 146 cm³/mol. The summed E-state index contributed by atoms with van der Waals surface area (Å²) in [6, 6.07) is 28.8. The van der Waals surface area contributed by atoms with Crippen molar-refractivity contribution in [3.8, 4) is 11.5 Å². The molecule has 0 N–H and O–H groups in total. The maximum atomic E-state index is 6.76. The molecule has 0 radical (unpaired) electrons. The van der Waals surface area contributed by atoms with Crippen LogP contribution >= 0.6 is 0 Å². The van der Waals surface area contributed by atoms with Crippen LogP contribution < -0.4 is 9.47 Å². The minimum atomic E-state index is -0.476. The number of rotatable bonds is 3. The van der Waals surface area contributed by atoms with Gasteiger partial charge in [-0.1, -0.05) is 60.7 Å². The van der Waals surface area contributed by atoms with Gasteiger partial charge in [0.05, 0.1) is 11.4 Å². The van der Waals surface area contributed by atoms with E-state index in [1.165, 1.54) is 22.3 Å². The molecular weight excluding hydrogens is 444 g/mol. The minimum Gasteiger partial charge on any atom is -0.477 e. The average Bonchev–Trinajstić information content (AvgIpc) is 2.90. The van der Waals surface area contributed by atoms with Gasteiger partial charge in [-0.15, -0.1) is 0 Å². The lowest BCUT2D eigenvalue weighted by molar-refractivity contribution is 0.136. The molecule has 0 amide bonds. The van der Waals surface area contributed by atoms with Gasteiger partial charge in [0.15, 0.2) is 12.2 Å². The molecule has 4 aromatic carbocycles. The molecule has 0 aromatic heterocycles. The van der Waals surface area contributed by atoms with Crippen molar-refractivity contribution in [2.75, 3.05) is 0 Å². The largest absolute Gasteiger partial charge is 0.477 e. The minimum absolute atomic E-state index is 0.476. The second-order valence-corrected chi connectivity index (χ2v) is 9.61. The molecule has 4 heteroatoms. The Kier molecular flexibility index (Phi) is 5.45. The number of aryl methyl sites for hydroxylation is 4. The fourth-order valence-corrected chi connectivity index (χ4v) is 4.77. The van der Waals surface area contributed by atoms with Crippen LogP contribution in [0.15, 0.2) is 94.9 Å². The van der Waals surface area contributed by atoms with Crippen molar-refractivity contribution in [1.82, 2.24) is 0 Å². The lowest BCUT2D eigenvalue weighted by Crippen LogP contribution is -2.50. The molecule has 6 rings (SSSR count). The van der Waals surface area contributed by atoms with Crippen LogP contribution in [0.4, 0.5) is 11.4 Å². The molecule has 2 aliphatic rings. The lowest BCUT2D eigenvalue weighted by atomic mass is 9.92. The third kappa shape index (κ3) is 3.89. The zero-order valence-corrected chi connectivity index (χ0v) is 20.9. The first kappa shape index (κ1) is 22.3. The summed E-state index contributed by atoms with van der Waals surface area (Å²) in [5.41, 5.74) is 10.1. The molecule has 0 spiro atoms. The fraction of sp³-hybridized carbons (Fsp3) is 0.188. The van der Waals surface area contributed by atoms with Crippen molar-refractivity contribution in [3.05, 3.63) is 118 Å². The standard InChI is InChI=1S/C32H28N2O2/c1-19-15-25-27(17-21(19)3)35-31(29(33-25)23-11-7-5-8-12-23)32-30(24-13-9-6-10-14-24)34-26-16-20(2)22(4)18-28(26)36-32/h5-18,31-32H,1-4H3. The zero-order chi connectivity index (χ0) is 24.8. The van der Waals surface area contributed by atoms with E-state index < -0.39 is 12.2 Å². The summed E-state index contributed by atoms with van der Waals surface area (Å²) in [6.07, 6.45) is -0.952. The molecule has 0 fully saturated rings. The molecule has 36 heavy (non-hydrogen) atoms. The summed E-state index contributed by atoms with van der Waals surface area (Å²) in [7, 11) is 0. The highest BCUT2D eigenvalue weighted by Gasteiger charge is 2.40. The van der Waals surface area contributed by atoms with Crippen LogP contribution in [-0.4, -0.2) is 23.6 Å². The Hall–Kier alpha value is -4.18. The van der Waals surface area contributed by atoms with Gasteiger partial charge in [0.1, 0.15) is 22.9 Å². The molecule has 2 aliphatic heterocycles. The lowest BCUT2D eigenvalue weighted by Gasteiger charge is -2.36. The van der Waals surface area contributed by atoms with Gasteiger partial charge in [-0.3, -0.25) is 0 Å². The third-order valence-corrected chi connectivity index (χ3v) is 7.09. The van der Waals surface area contributed by atoms with E-state index in [0.717, 1.165) is 45.4 Å². The number of hydrogen-bond donors (Lipinski definition) is 0. The van der Waals surface area contributed by atoms with Crippen molar-refractivity contribution in [2.45, 2.75) is 39.9 Å². The van der Waals surface area contributed by atoms with Crippen LogP contribution in [0, 0.1) is 27.7 Å². The van der Waals surface area contributed by atoms with Gasteiger partial charge in [-0.05, 0) is 85.3 Å². The third-order valence-electron chi connectivity index (χ3n) is 7.09. The molecule has 4 nitrogen and oxygen atoms in total. The van der Waals surface area contributed by atoms with Crippen LogP contribution in [0.2, 0.25) is 0 Å². The van der Waals surface area contributed by atoms with Crippen LogP contribution in [-0.2, 0) is 0 Å². The zero-order valence-electron chi connectivity index (χ0n) is 20.9. The second-order valence-electron chi connectivity index (χ2n) is 9.61. The normalized spacial score (nSPS) is 18.2. The highest BCUT2D eigenvalue weighted by atomic mass is 16.5. The highest BCUT2D eigenvalue weighted by molar-refractivity contribution is 6.14. The average molecular weight is 473 g/mol. The fourth-order valence-electron chi connectivity index (χ4n) is 4.77. The Morgan fingerprint density at radius 1 is 0.500 bits per heavy atom. The maximum absolute atomic E-state index is 6.76. The summed E-state index contributed by atoms with van der Waals surface area (Å²) in [5.74, 6) is 1.54. The Balaban J connectivity index is 1.54. The van der Waals surface area contributed by atoms with E-state index in [-0.39, 0.29) is 0 Å². The molecule has 2 heterocycles. The first-order valence-corrected chi connectivity index (χ1v) is 12.3. The predicted octanol–water partition coefficient (Wildman–Crippen LogP) is 7.38. The number of fused-ring (bicyclic) bond motifs is 2. The Morgan fingerprint density at radius 3 is 1.25 bits per heavy atom. The van der Waals surface area contributed by atoms with Crippen molar-refractivity contribution in [3.63, 3.8) is 0 Å². The highest BCUT2D eigenvalue weighted by Crippen LogP contribution is 2.41. The molecule has 0 saturated heterocycles. The molecule has 0 aliphatic carbocycles. The topological polar surface area (TPSA) is 43.2 Å². The summed E-state index contributed by atoms with van der Waals surface area (Å²) in [4.78, 5) is 10.3. The molecule has 0 saturated carbocycles. The Labute approximate surface area is 212 Å². The van der Waals surface area contributed by atoms with Gasteiger partial charge < -0.3 is 9.47 Å². The molecule has 4 aromatic rings. The Morgan fingerprint density at radius 2 is 0.861 bits per heavy atom. The van der Waals surface area contributed by atoms with Crippen LogP contribution in [0.3, 0.4) is 0 Å². The SMILES string of the molecule is Cc1cc2c(cc1C)OC(C1Oc3cc(C)c(C)cc3N=C1c1ccccc1)C(c1ccccc1)=N2. The van der Waals surface area contributed by atoms with E-state index in [9.17, 15) is 0 Å². The second kappa shape index (κ2) is 8.80. The van der Waals surface area contributed by atoms with E-state index in [1.54, 1.807) is 0 Å². The van der Waals surface area contributed by atoms with Crippen LogP contribution in [0.5, 0.6) is 11.5 Å². The first-order chi connectivity index (χ1) is 17.5. The first-order valence-electron chi connectivity index (χ1n) is 12.3. The molecular formula is C32H28N2O2. The Bertz CT molecular complexity index is 1400. The number of ether oxygens (including phenoxy) is 2. The van der Waals surface area contributed by atoms with Crippen molar-refractivity contribution in [2.24, 2.45) is 9.98 Å². The summed E-state index contributed by atoms with van der Waals surface area (Å²) < 4.78 is 13.5. The van der Waals surface area contributed by atoms with E-state index in [1.807, 2.05) is 36.4 Å². The van der Waals surface area contributed by atoms with Gasteiger partial charge >= 0.3 is 0 Å². The summed E-state index contributed by atoms with van der Waals surface area (Å²) in [6.45, 7) is 8.40. The molecule has 0 bridgehead atoms.